The molecule has 0 unspecified atom stereocenters. The zero-order valence-electron chi connectivity index (χ0n) is 18.8. The number of aryl methyl sites for hydroxylation is 1. The van der Waals surface area contributed by atoms with Crippen LogP contribution in [0, 0.1) is 5.41 Å². The Morgan fingerprint density at radius 1 is 1.18 bits per heavy atom. The molecule has 0 aromatic carbocycles. The molecule has 12 heteroatoms. The largest absolute Gasteiger partial charge is 0.497 e. The molecule has 1 amide bonds. The van der Waals surface area contributed by atoms with Gasteiger partial charge in [0.25, 0.3) is 5.92 Å². The van der Waals surface area contributed by atoms with E-state index in [9.17, 15) is 13.6 Å². The number of halogens is 2. The van der Waals surface area contributed by atoms with Gasteiger partial charge in [-0.25, -0.2) is 23.7 Å². The van der Waals surface area contributed by atoms with Crippen LogP contribution in [0.25, 0.3) is 11.4 Å². The first-order valence-electron chi connectivity index (χ1n) is 10.8. The van der Waals surface area contributed by atoms with Crippen LogP contribution >= 0.6 is 0 Å². The van der Waals surface area contributed by atoms with Crippen molar-refractivity contribution in [2.24, 2.45) is 12.5 Å². The standard InChI is InChI=1S/C22H24F2N8O2/c1-30-10-15(9-26-30)20-28-18(27-17-7-16(34-2)3-5-25-17)8-19(29-20)32-11-21(12-32)4-6-31(14-33)13-22(21,23)24/h3,5,7-10,14H,4,6,11-13H2,1-2H3,(H,25,27,28,29). The van der Waals surface area contributed by atoms with Crippen LogP contribution in [-0.4, -0.2) is 75.3 Å². The van der Waals surface area contributed by atoms with Gasteiger partial charge in [-0.3, -0.25) is 9.48 Å². The molecule has 0 bridgehead atoms. The molecule has 2 aliphatic heterocycles. The number of pyridine rings is 1. The van der Waals surface area contributed by atoms with Gasteiger partial charge in [0.1, 0.15) is 23.2 Å². The lowest BCUT2D eigenvalue weighted by atomic mass is 9.69. The summed E-state index contributed by atoms with van der Waals surface area (Å²) in [7, 11) is 3.36. The number of ether oxygens (including phenoxy) is 1. The number of alkyl halides is 2. The molecule has 5 rings (SSSR count). The van der Waals surface area contributed by atoms with Gasteiger partial charge in [0.2, 0.25) is 6.41 Å². The highest BCUT2D eigenvalue weighted by molar-refractivity contribution is 5.65. The summed E-state index contributed by atoms with van der Waals surface area (Å²) in [6.45, 7) is 0.0649. The zero-order chi connectivity index (χ0) is 23.9. The summed E-state index contributed by atoms with van der Waals surface area (Å²) in [6, 6.07) is 5.17. The molecular formula is C22H24F2N8O2. The maximum absolute atomic E-state index is 14.9. The van der Waals surface area contributed by atoms with Gasteiger partial charge in [-0.1, -0.05) is 0 Å². The average Bonchev–Trinajstić information content (AvgIpc) is 3.23. The predicted octanol–water partition coefficient (Wildman–Crippen LogP) is 2.33. The number of likely N-dealkylation sites (tertiary alicyclic amines) is 1. The summed E-state index contributed by atoms with van der Waals surface area (Å²) in [4.78, 5) is 27.5. The number of nitrogens with one attached hydrogen (secondary N) is 1. The van der Waals surface area contributed by atoms with Crippen molar-refractivity contribution in [3.8, 4) is 17.1 Å². The average molecular weight is 470 g/mol. The Morgan fingerprint density at radius 2 is 2.00 bits per heavy atom. The Bertz CT molecular complexity index is 1210. The fraction of sp³-hybridized carbons (Fsp3) is 0.409. The van der Waals surface area contributed by atoms with Crippen molar-refractivity contribution in [2.45, 2.75) is 12.3 Å². The zero-order valence-corrected chi connectivity index (χ0v) is 18.8. The molecule has 3 aromatic rings. The number of amides is 1. The SMILES string of the molecule is COc1ccnc(Nc2cc(N3CC4(CCN(C=O)CC4(F)F)C3)nc(-c3cnn(C)c3)n2)c1. The fourth-order valence-corrected chi connectivity index (χ4v) is 4.43. The number of hydrogen-bond donors (Lipinski definition) is 1. The Hall–Kier alpha value is -3.83. The van der Waals surface area contributed by atoms with Crippen LogP contribution in [-0.2, 0) is 11.8 Å². The van der Waals surface area contributed by atoms with Gasteiger partial charge in [0, 0.05) is 51.2 Å². The van der Waals surface area contributed by atoms with Gasteiger partial charge in [0.15, 0.2) is 5.82 Å². The highest BCUT2D eigenvalue weighted by Crippen LogP contribution is 2.51. The van der Waals surface area contributed by atoms with E-state index < -0.39 is 17.9 Å². The van der Waals surface area contributed by atoms with E-state index in [1.165, 1.54) is 0 Å². The van der Waals surface area contributed by atoms with Crippen molar-refractivity contribution in [3.63, 3.8) is 0 Å². The Morgan fingerprint density at radius 3 is 2.68 bits per heavy atom. The molecule has 1 N–H and O–H groups in total. The Labute approximate surface area is 194 Å². The molecule has 34 heavy (non-hydrogen) atoms. The number of hydrogen-bond acceptors (Lipinski definition) is 8. The second-order valence-electron chi connectivity index (χ2n) is 8.71. The second-order valence-corrected chi connectivity index (χ2v) is 8.71. The monoisotopic (exact) mass is 470 g/mol. The number of carbonyl (C=O) groups excluding carboxylic acids is 1. The number of methoxy groups -OCH3 is 1. The molecule has 178 valence electrons. The van der Waals surface area contributed by atoms with E-state index in [1.54, 1.807) is 55.6 Å². The van der Waals surface area contributed by atoms with Crippen LogP contribution < -0.4 is 15.0 Å². The van der Waals surface area contributed by atoms with E-state index in [4.69, 9.17) is 4.74 Å². The van der Waals surface area contributed by atoms with Gasteiger partial charge in [-0.2, -0.15) is 5.10 Å². The second kappa shape index (κ2) is 8.19. The van der Waals surface area contributed by atoms with Crippen LogP contribution in [0.5, 0.6) is 5.75 Å². The summed E-state index contributed by atoms with van der Waals surface area (Å²) in [5.74, 6) is -0.402. The van der Waals surface area contributed by atoms with Gasteiger partial charge in [-0.15, -0.1) is 0 Å². The maximum atomic E-state index is 14.9. The van der Waals surface area contributed by atoms with E-state index in [0.29, 0.717) is 47.5 Å². The third kappa shape index (κ3) is 3.88. The normalized spacial score (nSPS) is 18.5. The van der Waals surface area contributed by atoms with Crippen molar-refractivity contribution in [1.82, 2.24) is 29.6 Å². The molecule has 10 nitrogen and oxygen atoms in total. The van der Waals surface area contributed by atoms with E-state index in [0.717, 1.165) is 4.90 Å². The molecule has 2 aliphatic rings. The molecule has 3 aromatic heterocycles. The lowest BCUT2D eigenvalue weighted by Gasteiger charge is -2.57. The third-order valence-electron chi connectivity index (χ3n) is 6.41. The molecule has 0 atom stereocenters. The quantitative estimate of drug-likeness (QED) is 0.548. The van der Waals surface area contributed by atoms with Gasteiger partial charge >= 0.3 is 0 Å². The van der Waals surface area contributed by atoms with Crippen LogP contribution in [0.15, 0.2) is 36.8 Å². The van der Waals surface area contributed by atoms with Gasteiger partial charge in [0.05, 0.1) is 30.8 Å². The van der Waals surface area contributed by atoms with Crippen LogP contribution in [0.3, 0.4) is 0 Å². The first-order valence-corrected chi connectivity index (χ1v) is 10.8. The topological polar surface area (TPSA) is 101 Å². The minimum absolute atomic E-state index is 0.146. The molecule has 0 aliphatic carbocycles. The van der Waals surface area contributed by atoms with Crippen molar-refractivity contribution in [3.05, 3.63) is 36.8 Å². The Kier molecular flexibility index (Phi) is 5.29. The molecule has 0 radical (unpaired) electrons. The minimum atomic E-state index is -2.96. The third-order valence-corrected chi connectivity index (χ3v) is 6.41. The number of rotatable bonds is 6. The number of carbonyl (C=O) groups is 1. The maximum Gasteiger partial charge on any atom is 0.274 e. The number of anilines is 3. The first kappa shape index (κ1) is 22.0. The van der Waals surface area contributed by atoms with Crippen molar-refractivity contribution >= 4 is 23.9 Å². The fourth-order valence-electron chi connectivity index (χ4n) is 4.43. The molecule has 5 heterocycles. The predicted molar refractivity (Wildman–Crippen MR) is 120 cm³/mol. The molecule has 0 saturated carbocycles. The summed E-state index contributed by atoms with van der Waals surface area (Å²) in [5.41, 5.74) is -0.473. The number of nitrogens with zero attached hydrogens (tertiary/aromatic N) is 7. The first-order chi connectivity index (χ1) is 16.3. The molecule has 2 saturated heterocycles. The number of piperidine rings is 1. The van der Waals surface area contributed by atoms with Crippen LogP contribution in [0.4, 0.5) is 26.2 Å². The highest BCUT2D eigenvalue weighted by atomic mass is 19.3. The molecule has 2 fully saturated rings. The van der Waals surface area contributed by atoms with E-state index >= 15 is 0 Å². The summed E-state index contributed by atoms with van der Waals surface area (Å²) in [5, 5.41) is 7.33. The summed E-state index contributed by atoms with van der Waals surface area (Å²) in [6.07, 6.45) is 5.78. The lowest BCUT2D eigenvalue weighted by molar-refractivity contribution is -0.180. The molecule has 1 spiro atoms. The number of aromatic nitrogens is 5. The molecular weight excluding hydrogens is 446 g/mol. The van der Waals surface area contributed by atoms with Crippen molar-refractivity contribution in [2.75, 3.05) is 43.5 Å². The van der Waals surface area contributed by atoms with E-state index in [1.807, 2.05) is 4.90 Å². The van der Waals surface area contributed by atoms with Crippen LogP contribution in [0.1, 0.15) is 6.42 Å². The van der Waals surface area contributed by atoms with Crippen molar-refractivity contribution in [1.29, 1.82) is 0 Å². The Balaban J connectivity index is 1.44. The lowest BCUT2D eigenvalue weighted by Crippen LogP contribution is -2.70. The van der Waals surface area contributed by atoms with E-state index in [2.05, 4.69) is 25.4 Å². The highest BCUT2D eigenvalue weighted by Gasteiger charge is 2.62. The minimum Gasteiger partial charge on any atom is -0.497 e. The van der Waals surface area contributed by atoms with Crippen LogP contribution in [0.2, 0.25) is 0 Å². The van der Waals surface area contributed by atoms with Crippen molar-refractivity contribution < 1.29 is 18.3 Å². The van der Waals surface area contributed by atoms with Gasteiger partial charge < -0.3 is 19.9 Å². The summed E-state index contributed by atoms with van der Waals surface area (Å²) < 4.78 is 36.7. The van der Waals surface area contributed by atoms with E-state index in [-0.39, 0.29) is 19.5 Å². The smallest absolute Gasteiger partial charge is 0.274 e. The summed E-state index contributed by atoms with van der Waals surface area (Å²) >= 11 is 0. The van der Waals surface area contributed by atoms with Gasteiger partial charge in [-0.05, 0) is 12.5 Å².